The number of H-pyrrole nitrogens is 1. The number of nitrogens with one attached hydrogen (secondary N) is 2. The third kappa shape index (κ3) is 3.52. The fraction of sp³-hybridized carbons (Fsp3) is 0.167. The lowest BCUT2D eigenvalue weighted by Gasteiger charge is -2.05. The van der Waals surface area contributed by atoms with Crippen molar-refractivity contribution in [2.45, 2.75) is 6.42 Å². The molecule has 1 amide bonds. The zero-order chi connectivity index (χ0) is 18.8. The highest BCUT2D eigenvalue weighted by Gasteiger charge is 2.14. The van der Waals surface area contributed by atoms with Gasteiger partial charge in [-0.2, -0.15) is 0 Å². The van der Waals surface area contributed by atoms with Gasteiger partial charge in [0, 0.05) is 12.6 Å². The van der Waals surface area contributed by atoms with Crippen LogP contribution in [0, 0.1) is 5.82 Å². The summed E-state index contributed by atoms with van der Waals surface area (Å²) in [5.74, 6) is 0.650. The van der Waals surface area contributed by atoms with Crippen LogP contribution < -0.4 is 20.3 Å². The van der Waals surface area contributed by atoms with Crippen LogP contribution in [0.4, 0.5) is 4.39 Å². The summed E-state index contributed by atoms with van der Waals surface area (Å²) in [7, 11) is 0. The molecule has 2 aromatic heterocycles. The number of hydrogen-bond donors (Lipinski definition) is 2. The second-order valence-corrected chi connectivity index (χ2v) is 5.87. The minimum atomic E-state index is -0.514. The SMILES string of the molecule is O=C(NCCc1ccc2c(c1)OCO2)c1cc(=O)n(-c2ccc(F)cn2)[nH]1. The van der Waals surface area contributed by atoms with Crippen molar-refractivity contribution in [3.8, 4) is 17.3 Å². The number of pyridine rings is 1. The minimum Gasteiger partial charge on any atom is -0.454 e. The van der Waals surface area contributed by atoms with Gasteiger partial charge in [0.2, 0.25) is 6.79 Å². The van der Waals surface area contributed by atoms with Crippen molar-refractivity contribution in [1.82, 2.24) is 20.1 Å². The molecule has 1 aliphatic heterocycles. The van der Waals surface area contributed by atoms with Crippen molar-refractivity contribution in [3.05, 3.63) is 70.0 Å². The van der Waals surface area contributed by atoms with E-state index in [9.17, 15) is 14.0 Å². The number of aromatic amines is 1. The number of aromatic nitrogens is 3. The molecule has 0 unspecified atom stereocenters. The number of benzene rings is 1. The first kappa shape index (κ1) is 16.8. The van der Waals surface area contributed by atoms with Gasteiger partial charge in [0.15, 0.2) is 17.3 Å². The predicted molar refractivity (Wildman–Crippen MR) is 92.7 cm³/mol. The van der Waals surface area contributed by atoms with E-state index in [1.54, 1.807) is 0 Å². The number of hydrogen-bond acceptors (Lipinski definition) is 5. The quantitative estimate of drug-likeness (QED) is 0.708. The molecule has 4 rings (SSSR count). The highest BCUT2D eigenvalue weighted by Crippen LogP contribution is 2.32. The molecule has 0 bridgehead atoms. The monoisotopic (exact) mass is 370 g/mol. The largest absolute Gasteiger partial charge is 0.454 e. The van der Waals surface area contributed by atoms with Gasteiger partial charge in [-0.25, -0.2) is 14.1 Å². The summed E-state index contributed by atoms with van der Waals surface area (Å²) < 4.78 is 24.6. The summed E-state index contributed by atoms with van der Waals surface area (Å²) in [6, 6.07) is 9.29. The molecule has 0 fully saturated rings. The lowest BCUT2D eigenvalue weighted by atomic mass is 10.1. The Balaban J connectivity index is 1.39. The van der Waals surface area contributed by atoms with E-state index in [-0.39, 0.29) is 18.3 Å². The highest BCUT2D eigenvalue weighted by atomic mass is 19.1. The number of carbonyl (C=O) groups is 1. The second-order valence-electron chi connectivity index (χ2n) is 5.87. The zero-order valence-corrected chi connectivity index (χ0v) is 14.1. The van der Waals surface area contributed by atoms with Crippen LogP contribution in [0.15, 0.2) is 47.4 Å². The van der Waals surface area contributed by atoms with Crippen molar-refractivity contribution in [2.24, 2.45) is 0 Å². The molecule has 3 aromatic rings. The van der Waals surface area contributed by atoms with Crippen LogP contribution in [-0.2, 0) is 6.42 Å². The Kier molecular flexibility index (Phi) is 4.33. The molecule has 1 aliphatic rings. The van der Waals surface area contributed by atoms with E-state index >= 15 is 0 Å². The fourth-order valence-corrected chi connectivity index (χ4v) is 2.69. The van der Waals surface area contributed by atoms with Crippen molar-refractivity contribution in [1.29, 1.82) is 0 Å². The molecule has 2 N–H and O–H groups in total. The van der Waals surface area contributed by atoms with Gasteiger partial charge >= 0.3 is 0 Å². The molecule has 138 valence electrons. The lowest BCUT2D eigenvalue weighted by molar-refractivity contribution is 0.0948. The first-order valence-corrected chi connectivity index (χ1v) is 8.21. The average Bonchev–Trinajstić information content (AvgIpc) is 3.28. The van der Waals surface area contributed by atoms with Gasteiger partial charge in [-0.1, -0.05) is 6.07 Å². The zero-order valence-electron chi connectivity index (χ0n) is 14.1. The molecule has 9 heteroatoms. The van der Waals surface area contributed by atoms with Gasteiger partial charge in [0.1, 0.15) is 11.5 Å². The van der Waals surface area contributed by atoms with Crippen LogP contribution in [0.1, 0.15) is 16.1 Å². The normalized spacial score (nSPS) is 12.2. The number of ether oxygens (including phenoxy) is 2. The third-order valence-electron chi connectivity index (χ3n) is 4.04. The summed E-state index contributed by atoms with van der Waals surface area (Å²) in [6.45, 7) is 0.587. The molecule has 1 aromatic carbocycles. The minimum absolute atomic E-state index is 0.0943. The molecule has 0 atom stereocenters. The number of carbonyl (C=O) groups excluding carboxylic acids is 1. The van der Waals surface area contributed by atoms with E-state index in [4.69, 9.17) is 9.47 Å². The molecule has 0 aliphatic carbocycles. The Labute approximate surface area is 152 Å². The van der Waals surface area contributed by atoms with Crippen molar-refractivity contribution in [2.75, 3.05) is 13.3 Å². The van der Waals surface area contributed by atoms with Crippen LogP contribution >= 0.6 is 0 Å². The Bertz CT molecular complexity index is 1040. The van der Waals surface area contributed by atoms with Gasteiger partial charge < -0.3 is 14.8 Å². The Morgan fingerprint density at radius 1 is 1.22 bits per heavy atom. The van der Waals surface area contributed by atoms with E-state index in [0.29, 0.717) is 24.5 Å². The maximum Gasteiger partial charge on any atom is 0.273 e. The van der Waals surface area contributed by atoms with Gasteiger partial charge in [0.05, 0.1) is 6.20 Å². The van der Waals surface area contributed by atoms with Gasteiger partial charge in [-0.3, -0.25) is 14.7 Å². The van der Waals surface area contributed by atoms with Crippen molar-refractivity contribution >= 4 is 5.91 Å². The third-order valence-corrected chi connectivity index (χ3v) is 4.04. The van der Waals surface area contributed by atoms with E-state index in [2.05, 4.69) is 15.4 Å². The summed E-state index contributed by atoms with van der Waals surface area (Å²) in [6.07, 6.45) is 1.58. The van der Waals surface area contributed by atoms with Gasteiger partial charge in [-0.05, 0) is 36.2 Å². The smallest absolute Gasteiger partial charge is 0.273 e. The number of fused-ring (bicyclic) bond motifs is 1. The second kappa shape index (κ2) is 6.94. The van der Waals surface area contributed by atoms with Crippen LogP contribution in [0.2, 0.25) is 0 Å². The van der Waals surface area contributed by atoms with Crippen LogP contribution in [0.5, 0.6) is 11.5 Å². The van der Waals surface area contributed by atoms with Crippen molar-refractivity contribution in [3.63, 3.8) is 0 Å². The first-order chi connectivity index (χ1) is 13.1. The predicted octanol–water partition coefficient (Wildman–Crippen LogP) is 1.40. The summed E-state index contributed by atoms with van der Waals surface area (Å²) in [5, 5.41) is 5.41. The molecule has 27 heavy (non-hydrogen) atoms. The summed E-state index contributed by atoms with van der Waals surface area (Å²) >= 11 is 0. The Hall–Kier alpha value is -3.62. The maximum atomic E-state index is 12.9. The van der Waals surface area contributed by atoms with E-state index in [1.165, 1.54) is 18.2 Å². The molecular weight excluding hydrogens is 355 g/mol. The fourth-order valence-electron chi connectivity index (χ4n) is 2.69. The molecule has 0 saturated carbocycles. The number of halogens is 1. The highest BCUT2D eigenvalue weighted by molar-refractivity contribution is 5.92. The maximum absolute atomic E-state index is 12.9. The van der Waals surface area contributed by atoms with Crippen molar-refractivity contribution < 1.29 is 18.7 Å². The summed E-state index contributed by atoms with van der Waals surface area (Å²) in [4.78, 5) is 28.1. The number of amides is 1. The Morgan fingerprint density at radius 2 is 2.07 bits per heavy atom. The molecule has 0 spiro atoms. The van der Waals surface area contributed by atoms with Crippen LogP contribution in [0.25, 0.3) is 5.82 Å². The Morgan fingerprint density at radius 3 is 2.89 bits per heavy atom. The van der Waals surface area contributed by atoms with Gasteiger partial charge in [-0.15, -0.1) is 0 Å². The van der Waals surface area contributed by atoms with E-state index < -0.39 is 17.3 Å². The molecule has 8 nitrogen and oxygen atoms in total. The van der Waals surface area contributed by atoms with E-state index in [1.807, 2.05) is 18.2 Å². The van der Waals surface area contributed by atoms with E-state index in [0.717, 1.165) is 16.4 Å². The van der Waals surface area contributed by atoms with Gasteiger partial charge in [0.25, 0.3) is 11.5 Å². The van der Waals surface area contributed by atoms with Crippen LogP contribution in [-0.4, -0.2) is 34.0 Å². The number of nitrogens with zero attached hydrogens (tertiary/aromatic N) is 2. The average molecular weight is 370 g/mol. The molecule has 3 heterocycles. The van der Waals surface area contributed by atoms with Crippen LogP contribution in [0.3, 0.4) is 0 Å². The molecule has 0 radical (unpaired) electrons. The molecule has 0 saturated heterocycles. The first-order valence-electron chi connectivity index (χ1n) is 8.21. The number of rotatable bonds is 5. The lowest BCUT2D eigenvalue weighted by Crippen LogP contribution is -2.26. The topological polar surface area (TPSA) is 98.2 Å². The standard InChI is InChI=1S/C18H15FN4O4/c19-12-2-4-16(21-9-12)23-17(24)8-13(22-23)18(25)20-6-5-11-1-3-14-15(7-11)27-10-26-14/h1-4,7-9,22H,5-6,10H2,(H,20,25). The molecular formula is C18H15FN4O4. The summed E-state index contributed by atoms with van der Waals surface area (Å²) in [5.41, 5.74) is 0.618.